The third-order valence-corrected chi connectivity index (χ3v) is 6.04. The topological polar surface area (TPSA) is 71.1 Å². The number of halogens is 1. The van der Waals surface area contributed by atoms with Gasteiger partial charge in [0, 0.05) is 15.9 Å². The maximum atomic E-state index is 12.8. The molecule has 7 heteroatoms. The minimum absolute atomic E-state index is 0.0706. The second kappa shape index (κ2) is 6.55. The molecule has 2 aromatic heterocycles. The van der Waals surface area contributed by atoms with Crippen molar-refractivity contribution in [3.05, 3.63) is 46.8 Å². The standard InChI is InChI=1S/C22H23BrN4O2/c1-22(2,3)29-21(28)27-18-9-13(18)10-19(27)20-24-11-17(26-20)16-6-4-12-8-14(23)5-7-15(12)25-16/h4-8,11,13,18-19H,9-10H2,1-3H3,(H,24,26)/t13?,18-,19+/m1/s1. The molecular formula is C22H23BrN4O2. The van der Waals surface area contributed by atoms with E-state index in [2.05, 4.69) is 32.0 Å². The first-order chi connectivity index (χ1) is 13.8. The van der Waals surface area contributed by atoms with Crippen LogP contribution in [0.1, 0.15) is 45.5 Å². The van der Waals surface area contributed by atoms with Gasteiger partial charge in [0.2, 0.25) is 0 Å². The number of aromatic amines is 1. The van der Waals surface area contributed by atoms with Crippen molar-refractivity contribution in [2.45, 2.75) is 51.3 Å². The lowest BCUT2D eigenvalue weighted by molar-refractivity contribution is 0.0175. The maximum absolute atomic E-state index is 12.8. The van der Waals surface area contributed by atoms with Crippen LogP contribution in [0.3, 0.4) is 0 Å². The van der Waals surface area contributed by atoms with Crippen molar-refractivity contribution in [1.29, 1.82) is 0 Å². The van der Waals surface area contributed by atoms with E-state index in [1.807, 2.05) is 49.9 Å². The molecule has 1 aliphatic carbocycles. The summed E-state index contributed by atoms with van der Waals surface area (Å²) in [5.74, 6) is 1.36. The minimum atomic E-state index is -0.507. The van der Waals surface area contributed by atoms with E-state index in [0.29, 0.717) is 5.92 Å². The number of nitrogens with zero attached hydrogens (tertiary/aromatic N) is 3. The number of carbonyl (C=O) groups is 1. The predicted molar refractivity (Wildman–Crippen MR) is 114 cm³/mol. The van der Waals surface area contributed by atoms with Crippen LogP contribution in [0.2, 0.25) is 0 Å². The number of carbonyl (C=O) groups excluding carboxylic acids is 1. The van der Waals surface area contributed by atoms with E-state index >= 15 is 0 Å². The van der Waals surface area contributed by atoms with E-state index in [4.69, 9.17) is 9.72 Å². The average molecular weight is 455 g/mol. The molecule has 2 fully saturated rings. The fourth-order valence-corrected chi connectivity index (χ4v) is 4.54. The zero-order valence-electron chi connectivity index (χ0n) is 16.6. The van der Waals surface area contributed by atoms with Crippen LogP contribution in [0, 0.1) is 5.92 Å². The van der Waals surface area contributed by atoms with Gasteiger partial charge in [0.05, 0.1) is 29.1 Å². The molecule has 1 saturated heterocycles. The van der Waals surface area contributed by atoms with Gasteiger partial charge in [-0.2, -0.15) is 0 Å². The second-order valence-corrected chi connectivity index (χ2v) is 9.83. The van der Waals surface area contributed by atoms with Crippen molar-refractivity contribution in [3.8, 4) is 11.4 Å². The zero-order valence-corrected chi connectivity index (χ0v) is 18.2. The lowest BCUT2D eigenvalue weighted by Crippen LogP contribution is -2.38. The van der Waals surface area contributed by atoms with Gasteiger partial charge in [-0.25, -0.2) is 14.8 Å². The van der Waals surface area contributed by atoms with Crippen LogP contribution in [-0.2, 0) is 4.74 Å². The van der Waals surface area contributed by atoms with Gasteiger partial charge in [0.25, 0.3) is 0 Å². The summed E-state index contributed by atoms with van der Waals surface area (Å²) in [5, 5.41) is 1.08. The molecule has 1 amide bonds. The third kappa shape index (κ3) is 3.52. The number of H-pyrrole nitrogens is 1. The van der Waals surface area contributed by atoms with Crippen molar-refractivity contribution in [2.24, 2.45) is 5.92 Å². The molecular weight excluding hydrogens is 432 g/mol. The Morgan fingerprint density at radius 2 is 2.07 bits per heavy atom. The van der Waals surface area contributed by atoms with Crippen LogP contribution in [0.4, 0.5) is 4.79 Å². The number of aromatic nitrogens is 3. The van der Waals surface area contributed by atoms with Crippen LogP contribution >= 0.6 is 15.9 Å². The summed E-state index contributed by atoms with van der Waals surface area (Å²) in [6.07, 6.45) is 3.54. The Morgan fingerprint density at radius 3 is 2.86 bits per heavy atom. The van der Waals surface area contributed by atoms with Gasteiger partial charge in [-0.15, -0.1) is 0 Å². The van der Waals surface area contributed by atoms with Crippen LogP contribution < -0.4 is 0 Å². The molecule has 5 rings (SSSR count). The number of pyridine rings is 1. The Kier molecular flexibility index (Phi) is 4.21. The van der Waals surface area contributed by atoms with Gasteiger partial charge in [0.1, 0.15) is 11.4 Å². The smallest absolute Gasteiger partial charge is 0.411 e. The van der Waals surface area contributed by atoms with E-state index in [-0.39, 0.29) is 18.2 Å². The van der Waals surface area contributed by atoms with Crippen LogP contribution in [0.15, 0.2) is 41.0 Å². The van der Waals surface area contributed by atoms with Crippen molar-refractivity contribution >= 4 is 32.9 Å². The van der Waals surface area contributed by atoms with Crippen molar-refractivity contribution in [2.75, 3.05) is 0 Å². The highest BCUT2D eigenvalue weighted by Crippen LogP contribution is 2.53. The van der Waals surface area contributed by atoms with Gasteiger partial charge in [-0.3, -0.25) is 4.90 Å². The van der Waals surface area contributed by atoms with E-state index < -0.39 is 5.60 Å². The monoisotopic (exact) mass is 454 g/mol. The lowest BCUT2D eigenvalue weighted by Gasteiger charge is -2.29. The number of ether oxygens (including phenoxy) is 1. The first-order valence-electron chi connectivity index (χ1n) is 9.91. The van der Waals surface area contributed by atoms with Gasteiger partial charge >= 0.3 is 6.09 Å². The second-order valence-electron chi connectivity index (χ2n) is 8.92. The summed E-state index contributed by atoms with van der Waals surface area (Å²) in [6, 6.07) is 10.3. The number of hydrogen-bond acceptors (Lipinski definition) is 4. The molecule has 150 valence electrons. The zero-order chi connectivity index (χ0) is 20.3. The number of amides is 1. The van der Waals surface area contributed by atoms with Crippen molar-refractivity contribution < 1.29 is 9.53 Å². The summed E-state index contributed by atoms with van der Waals surface area (Å²) < 4.78 is 6.68. The molecule has 6 nitrogen and oxygen atoms in total. The Bertz CT molecular complexity index is 1100. The number of piperidine rings is 1. The molecule has 29 heavy (non-hydrogen) atoms. The van der Waals surface area contributed by atoms with E-state index in [9.17, 15) is 4.79 Å². The summed E-state index contributed by atoms with van der Waals surface area (Å²) in [6.45, 7) is 5.69. The fourth-order valence-electron chi connectivity index (χ4n) is 4.16. The third-order valence-electron chi connectivity index (χ3n) is 5.55. The van der Waals surface area contributed by atoms with Crippen LogP contribution in [0.25, 0.3) is 22.3 Å². The number of fused-ring (bicyclic) bond motifs is 2. The Balaban J connectivity index is 1.42. The van der Waals surface area contributed by atoms with Gasteiger partial charge in [0.15, 0.2) is 0 Å². The van der Waals surface area contributed by atoms with Gasteiger partial charge in [-0.1, -0.05) is 22.0 Å². The van der Waals surface area contributed by atoms with Crippen LogP contribution in [0.5, 0.6) is 0 Å². The summed E-state index contributed by atoms with van der Waals surface area (Å²) in [4.78, 5) is 27.4. The molecule has 3 atom stereocenters. The molecule has 1 unspecified atom stereocenters. The number of hydrogen-bond donors (Lipinski definition) is 1. The SMILES string of the molecule is CC(C)(C)OC(=O)N1[C@@H]2CC2C[C@H]1c1ncc(-c2ccc3cc(Br)ccc3n2)[nH]1. The molecule has 1 aromatic carbocycles. The quantitative estimate of drug-likeness (QED) is 0.557. The van der Waals surface area contributed by atoms with E-state index in [1.165, 1.54) is 0 Å². The normalized spacial score (nSPS) is 23.3. The maximum Gasteiger partial charge on any atom is 0.411 e. The first-order valence-corrected chi connectivity index (χ1v) is 10.7. The Hall–Kier alpha value is -2.41. The number of likely N-dealkylation sites (tertiary alicyclic amines) is 1. The largest absolute Gasteiger partial charge is 0.444 e. The molecule has 0 spiro atoms. The number of imidazole rings is 1. The molecule has 0 bridgehead atoms. The summed E-state index contributed by atoms with van der Waals surface area (Å²) >= 11 is 3.49. The highest BCUT2D eigenvalue weighted by Gasteiger charge is 2.56. The molecule has 1 N–H and O–H groups in total. The van der Waals surface area contributed by atoms with Crippen molar-refractivity contribution in [1.82, 2.24) is 19.9 Å². The lowest BCUT2D eigenvalue weighted by atomic mass is 10.1. The molecule has 1 aliphatic heterocycles. The average Bonchev–Trinajstić information content (AvgIpc) is 3.09. The number of rotatable bonds is 2. The summed E-state index contributed by atoms with van der Waals surface area (Å²) in [7, 11) is 0. The highest BCUT2D eigenvalue weighted by atomic mass is 79.9. The molecule has 0 radical (unpaired) electrons. The molecule has 1 saturated carbocycles. The first kappa shape index (κ1) is 18.6. The van der Waals surface area contributed by atoms with Crippen molar-refractivity contribution in [3.63, 3.8) is 0 Å². The Labute approximate surface area is 177 Å². The minimum Gasteiger partial charge on any atom is -0.444 e. The number of benzene rings is 1. The molecule has 2 aliphatic rings. The van der Waals surface area contributed by atoms with E-state index in [0.717, 1.165) is 45.4 Å². The van der Waals surface area contributed by atoms with Gasteiger partial charge < -0.3 is 9.72 Å². The summed E-state index contributed by atoms with van der Waals surface area (Å²) in [5.41, 5.74) is 2.12. The molecule has 3 aromatic rings. The predicted octanol–water partition coefficient (Wildman–Crippen LogP) is 5.46. The van der Waals surface area contributed by atoms with Crippen LogP contribution in [-0.4, -0.2) is 37.6 Å². The van der Waals surface area contributed by atoms with E-state index in [1.54, 1.807) is 6.20 Å². The molecule has 3 heterocycles. The fraction of sp³-hybridized carbons (Fsp3) is 0.409. The number of nitrogens with one attached hydrogen (secondary N) is 1. The Morgan fingerprint density at radius 1 is 1.24 bits per heavy atom. The van der Waals surface area contributed by atoms with Gasteiger partial charge in [-0.05, 0) is 63.8 Å². The highest BCUT2D eigenvalue weighted by molar-refractivity contribution is 9.10.